The molecule has 1 aromatic heterocycles. The van der Waals surface area contributed by atoms with E-state index in [4.69, 9.17) is 11.6 Å². The highest BCUT2D eigenvalue weighted by atomic mass is 35.5. The summed E-state index contributed by atoms with van der Waals surface area (Å²) in [4.78, 5) is 0. The quantitative estimate of drug-likeness (QED) is 0.779. The molecule has 0 aromatic carbocycles. The molecular weight excluding hydrogens is 222 g/mol. The molecule has 0 bridgehead atoms. The molecule has 0 amide bonds. The maximum atomic E-state index is 6.13. The van der Waals surface area contributed by atoms with Gasteiger partial charge in [-0.1, -0.05) is 18.5 Å². The van der Waals surface area contributed by atoms with Gasteiger partial charge < -0.3 is 5.32 Å². The van der Waals surface area contributed by atoms with Crippen molar-refractivity contribution < 1.29 is 0 Å². The van der Waals surface area contributed by atoms with Crippen LogP contribution < -0.4 is 5.32 Å². The molecule has 0 saturated carbocycles. The highest BCUT2D eigenvalue weighted by Crippen LogP contribution is 2.23. The third-order valence-corrected chi connectivity index (χ3v) is 3.43. The zero-order chi connectivity index (χ0) is 12.1. The molecule has 0 saturated heterocycles. The van der Waals surface area contributed by atoms with Gasteiger partial charge in [0.05, 0.1) is 16.4 Å². The molecule has 1 unspecified atom stereocenters. The minimum atomic E-state index is 0.421. The van der Waals surface area contributed by atoms with E-state index >= 15 is 0 Å². The molecule has 1 rings (SSSR count). The number of nitrogens with zero attached hydrogens (tertiary/aromatic N) is 2. The molecule has 0 aliphatic heterocycles. The molecule has 1 atom stereocenters. The number of nitrogens with one attached hydrogen (secondary N) is 1. The van der Waals surface area contributed by atoms with Crippen molar-refractivity contribution in [3.8, 4) is 0 Å². The summed E-state index contributed by atoms with van der Waals surface area (Å²) in [6.07, 6.45) is 2.30. The summed E-state index contributed by atoms with van der Waals surface area (Å²) in [7, 11) is 0. The SMILES string of the molecule is CCNCCCC(C)n1nc(C)c(Cl)c1C. The smallest absolute Gasteiger partial charge is 0.0844 e. The lowest BCUT2D eigenvalue weighted by Crippen LogP contribution is -2.16. The second-order valence-corrected chi connectivity index (χ2v) is 4.65. The first-order valence-electron chi connectivity index (χ1n) is 5.99. The van der Waals surface area contributed by atoms with Gasteiger partial charge in [-0.2, -0.15) is 5.10 Å². The second kappa shape index (κ2) is 6.26. The van der Waals surface area contributed by atoms with E-state index in [-0.39, 0.29) is 0 Å². The molecule has 0 fully saturated rings. The monoisotopic (exact) mass is 243 g/mol. The van der Waals surface area contributed by atoms with E-state index in [2.05, 4.69) is 24.3 Å². The second-order valence-electron chi connectivity index (χ2n) is 4.27. The van der Waals surface area contributed by atoms with Gasteiger partial charge in [0.25, 0.3) is 0 Å². The zero-order valence-electron chi connectivity index (χ0n) is 10.7. The standard InChI is InChI=1S/C12H22ClN3/c1-5-14-8-6-7-9(2)16-11(4)12(13)10(3)15-16/h9,14H,5-8H2,1-4H3. The molecule has 1 heterocycles. The minimum absolute atomic E-state index is 0.421. The molecule has 4 heteroatoms. The maximum absolute atomic E-state index is 6.13. The Morgan fingerprint density at radius 1 is 1.44 bits per heavy atom. The van der Waals surface area contributed by atoms with Crippen LogP contribution in [0, 0.1) is 13.8 Å². The van der Waals surface area contributed by atoms with Crippen molar-refractivity contribution >= 4 is 11.6 Å². The van der Waals surface area contributed by atoms with E-state index in [9.17, 15) is 0 Å². The van der Waals surface area contributed by atoms with Crippen LogP contribution in [0.4, 0.5) is 0 Å². The van der Waals surface area contributed by atoms with E-state index in [0.29, 0.717) is 6.04 Å². The highest BCUT2D eigenvalue weighted by Gasteiger charge is 2.13. The first kappa shape index (κ1) is 13.5. The zero-order valence-corrected chi connectivity index (χ0v) is 11.4. The normalized spacial score (nSPS) is 13.1. The Hall–Kier alpha value is -0.540. The molecule has 0 radical (unpaired) electrons. The first-order chi connectivity index (χ1) is 7.57. The predicted molar refractivity (Wildman–Crippen MR) is 69.2 cm³/mol. The number of halogens is 1. The highest BCUT2D eigenvalue weighted by molar-refractivity contribution is 6.31. The third kappa shape index (κ3) is 3.22. The molecule has 92 valence electrons. The summed E-state index contributed by atoms with van der Waals surface area (Å²) in [5, 5.41) is 8.61. The van der Waals surface area contributed by atoms with Crippen molar-refractivity contribution in [3.63, 3.8) is 0 Å². The van der Waals surface area contributed by atoms with Crippen molar-refractivity contribution in [1.29, 1.82) is 0 Å². The van der Waals surface area contributed by atoms with Gasteiger partial charge in [0.15, 0.2) is 0 Å². The van der Waals surface area contributed by atoms with E-state index in [1.807, 2.05) is 18.5 Å². The fraction of sp³-hybridized carbons (Fsp3) is 0.750. The van der Waals surface area contributed by atoms with Gasteiger partial charge in [0, 0.05) is 6.04 Å². The maximum Gasteiger partial charge on any atom is 0.0844 e. The topological polar surface area (TPSA) is 29.9 Å². The predicted octanol–water partition coefficient (Wildman–Crippen LogP) is 3.10. The van der Waals surface area contributed by atoms with Crippen LogP contribution >= 0.6 is 11.6 Å². The van der Waals surface area contributed by atoms with E-state index in [1.54, 1.807) is 0 Å². The Morgan fingerprint density at radius 2 is 2.12 bits per heavy atom. The van der Waals surface area contributed by atoms with Crippen molar-refractivity contribution in [3.05, 3.63) is 16.4 Å². The molecule has 16 heavy (non-hydrogen) atoms. The molecule has 0 spiro atoms. The lowest BCUT2D eigenvalue weighted by molar-refractivity contribution is 0.431. The van der Waals surface area contributed by atoms with Crippen LogP contribution in [0.15, 0.2) is 0 Å². The number of rotatable bonds is 6. The number of hydrogen-bond donors (Lipinski definition) is 1. The largest absolute Gasteiger partial charge is 0.317 e. The third-order valence-electron chi connectivity index (χ3n) is 2.88. The van der Waals surface area contributed by atoms with Crippen LogP contribution in [-0.4, -0.2) is 22.9 Å². The lowest BCUT2D eigenvalue weighted by atomic mass is 10.2. The Kier molecular flexibility index (Phi) is 5.29. The van der Waals surface area contributed by atoms with Gasteiger partial charge in [-0.3, -0.25) is 4.68 Å². The van der Waals surface area contributed by atoms with Crippen LogP contribution in [0.1, 0.15) is 44.1 Å². The summed E-state index contributed by atoms with van der Waals surface area (Å²) in [6.45, 7) is 10.4. The van der Waals surface area contributed by atoms with Gasteiger partial charge >= 0.3 is 0 Å². The summed E-state index contributed by atoms with van der Waals surface area (Å²) in [6, 6.07) is 0.421. The fourth-order valence-electron chi connectivity index (χ4n) is 1.89. The number of aromatic nitrogens is 2. The average molecular weight is 244 g/mol. The Balaban J connectivity index is 2.52. The van der Waals surface area contributed by atoms with Crippen LogP contribution in [0.5, 0.6) is 0 Å². The van der Waals surface area contributed by atoms with Crippen LogP contribution in [-0.2, 0) is 0 Å². The van der Waals surface area contributed by atoms with Crippen LogP contribution in [0.2, 0.25) is 5.02 Å². The van der Waals surface area contributed by atoms with Crippen molar-refractivity contribution in [2.24, 2.45) is 0 Å². The van der Waals surface area contributed by atoms with Gasteiger partial charge in [-0.05, 0) is 46.7 Å². The van der Waals surface area contributed by atoms with Gasteiger partial charge in [-0.15, -0.1) is 0 Å². The fourth-order valence-corrected chi connectivity index (χ4v) is 2.02. The van der Waals surface area contributed by atoms with Crippen molar-refractivity contribution in [1.82, 2.24) is 15.1 Å². The lowest BCUT2D eigenvalue weighted by Gasteiger charge is -2.14. The molecule has 3 nitrogen and oxygen atoms in total. The van der Waals surface area contributed by atoms with Crippen LogP contribution in [0.3, 0.4) is 0 Å². The van der Waals surface area contributed by atoms with Crippen molar-refractivity contribution in [2.45, 2.75) is 46.6 Å². The number of aryl methyl sites for hydroxylation is 1. The molecule has 0 aliphatic carbocycles. The van der Waals surface area contributed by atoms with Crippen LogP contribution in [0.25, 0.3) is 0 Å². The van der Waals surface area contributed by atoms with Gasteiger partial charge in [-0.25, -0.2) is 0 Å². The summed E-state index contributed by atoms with van der Waals surface area (Å²) < 4.78 is 2.05. The van der Waals surface area contributed by atoms with E-state index in [1.165, 1.54) is 6.42 Å². The Morgan fingerprint density at radius 3 is 2.62 bits per heavy atom. The molecule has 1 aromatic rings. The Bertz CT molecular complexity index is 333. The molecule has 0 aliphatic rings. The van der Waals surface area contributed by atoms with E-state index in [0.717, 1.165) is 35.9 Å². The first-order valence-corrected chi connectivity index (χ1v) is 6.37. The Labute approximate surface area is 103 Å². The summed E-state index contributed by atoms with van der Waals surface area (Å²) in [5.41, 5.74) is 2.01. The minimum Gasteiger partial charge on any atom is -0.317 e. The molecule has 1 N–H and O–H groups in total. The van der Waals surface area contributed by atoms with E-state index < -0.39 is 0 Å². The summed E-state index contributed by atoms with van der Waals surface area (Å²) in [5.74, 6) is 0. The van der Waals surface area contributed by atoms with Gasteiger partial charge in [0.2, 0.25) is 0 Å². The average Bonchev–Trinajstić information content (AvgIpc) is 2.52. The molecular formula is C12H22ClN3. The number of hydrogen-bond acceptors (Lipinski definition) is 2. The van der Waals surface area contributed by atoms with Crippen molar-refractivity contribution in [2.75, 3.05) is 13.1 Å². The summed E-state index contributed by atoms with van der Waals surface area (Å²) >= 11 is 6.13. The van der Waals surface area contributed by atoms with Gasteiger partial charge in [0.1, 0.15) is 0 Å².